The van der Waals surface area contributed by atoms with Crippen LogP contribution < -0.4 is 0 Å². The smallest absolute Gasteiger partial charge is 0 e. The molecule has 0 fully saturated rings. The molecule has 1 aliphatic carbocycles. The van der Waals surface area contributed by atoms with E-state index in [1.165, 1.54) is 12.8 Å². The molecule has 0 heterocycles. The van der Waals surface area contributed by atoms with E-state index in [1.807, 2.05) is 0 Å². The maximum atomic E-state index is 3.79. The molecule has 1 aliphatic rings. The van der Waals surface area contributed by atoms with Crippen molar-refractivity contribution >= 4 is 0 Å². The maximum absolute atomic E-state index is 3.79. The normalized spacial score (nSPS) is 23.4. The van der Waals surface area contributed by atoms with Gasteiger partial charge in [0.25, 0.3) is 0 Å². The van der Waals surface area contributed by atoms with E-state index in [9.17, 15) is 0 Å². The molecular formula is C9H12Y-2. The van der Waals surface area contributed by atoms with Gasteiger partial charge in [-0.25, -0.2) is 19.1 Å². The predicted octanol–water partition coefficient (Wildman–Crippen LogP) is 2.54. The van der Waals surface area contributed by atoms with Crippen LogP contribution in [-0.4, -0.2) is 0 Å². The van der Waals surface area contributed by atoms with Crippen molar-refractivity contribution in [3.63, 3.8) is 0 Å². The largest absolute Gasteiger partial charge is 0.320 e. The van der Waals surface area contributed by atoms with Crippen LogP contribution in [0.15, 0.2) is 24.3 Å². The Morgan fingerprint density at radius 3 is 2.70 bits per heavy atom. The Labute approximate surface area is 88.7 Å². The van der Waals surface area contributed by atoms with Crippen molar-refractivity contribution in [2.45, 2.75) is 12.8 Å². The van der Waals surface area contributed by atoms with E-state index >= 15 is 0 Å². The summed E-state index contributed by atoms with van der Waals surface area (Å²) in [6.07, 6.45) is 8.98. The third-order valence-electron chi connectivity index (χ3n) is 1.57. The molecule has 0 aliphatic heterocycles. The molecule has 1 atom stereocenters. The summed E-state index contributed by atoms with van der Waals surface area (Å²) in [5.41, 5.74) is 1.01. The molecule has 53 valence electrons. The van der Waals surface area contributed by atoms with Gasteiger partial charge in [0.05, 0.1) is 0 Å². The third-order valence-corrected chi connectivity index (χ3v) is 1.57. The van der Waals surface area contributed by atoms with Crippen molar-refractivity contribution in [2.75, 3.05) is 0 Å². The minimum atomic E-state index is 0. The molecular weight excluding hydrogens is 197 g/mol. The van der Waals surface area contributed by atoms with Crippen molar-refractivity contribution in [3.05, 3.63) is 37.6 Å². The van der Waals surface area contributed by atoms with Gasteiger partial charge in [-0.05, 0) is 0 Å². The zero-order valence-electron chi connectivity index (χ0n) is 6.22. The Bertz CT molecular complexity index is 136. The molecule has 0 aromatic rings. The summed E-state index contributed by atoms with van der Waals surface area (Å²) in [7, 11) is 0. The third kappa shape index (κ3) is 3.03. The molecule has 10 heavy (non-hydrogen) atoms. The summed E-state index contributed by atoms with van der Waals surface area (Å²) in [5, 5.41) is 0. The van der Waals surface area contributed by atoms with Gasteiger partial charge >= 0.3 is 0 Å². The number of hydrogen-bond donors (Lipinski definition) is 0. The summed E-state index contributed by atoms with van der Waals surface area (Å²) in [6.45, 7) is 7.57. The molecule has 0 spiro atoms. The molecule has 0 N–H and O–H groups in total. The minimum absolute atomic E-state index is 0. The van der Waals surface area contributed by atoms with Crippen molar-refractivity contribution < 1.29 is 32.7 Å². The molecule has 0 aromatic carbocycles. The van der Waals surface area contributed by atoms with E-state index in [1.54, 1.807) is 0 Å². The molecule has 0 amide bonds. The number of rotatable bonds is 1. The van der Waals surface area contributed by atoms with Crippen LogP contribution in [0.1, 0.15) is 12.8 Å². The number of allylic oxidation sites excluding steroid dienone is 3. The van der Waals surface area contributed by atoms with E-state index in [-0.39, 0.29) is 32.7 Å². The Balaban J connectivity index is 0.000000810. The van der Waals surface area contributed by atoms with E-state index in [4.69, 9.17) is 0 Å². The Hall–Kier alpha value is 0.454. The van der Waals surface area contributed by atoms with Crippen LogP contribution in [0.3, 0.4) is 0 Å². The second-order valence-corrected chi connectivity index (χ2v) is 2.43. The molecule has 1 rings (SSSR count). The van der Waals surface area contributed by atoms with Crippen LogP contribution in [0.25, 0.3) is 0 Å². The van der Waals surface area contributed by atoms with Crippen LogP contribution in [0, 0.1) is 19.3 Å². The van der Waals surface area contributed by atoms with Gasteiger partial charge < -0.3 is 6.42 Å². The van der Waals surface area contributed by atoms with Crippen molar-refractivity contribution in [2.24, 2.45) is 5.92 Å². The van der Waals surface area contributed by atoms with Crippen molar-refractivity contribution in [3.8, 4) is 0 Å². The maximum Gasteiger partial charge on any atom is 0 e. The zero-order valence-corrected chi connectivity index (χ0v) is 9.05. The van der Waals surface area contributed by atoms with Gasteiger partial charge in [0, 0.05) is 32.7 Å². The average molecular weight is 209 g/mol. The van der Waals surface area contributed by atoms with Crippen molar-refractivity contribution in [1.82, 2.24) is 0 Å². The first-order valence-corrected chi connectivity index (χ1v) is 3.31. The van der Waals surface area contributed by atoms with Gasteiger partial charge in [-0.15, -0.1) is 6.08 Å². The molecule has 0 unspecified atom stereocenters. The van der Waals surface area contributed by atoms with Gasteiger partial charge in [0.2, 0.25) is 0 Å². The second kappa shape index (κ2) is 5.15. The second-order valence-electron chi connectivity index (χ2n) is 2.43. The fourth-order valence-electron chi connectivity index (χ4n) is 0.996. The Kier molecular flexibility index (Phi) is 5.38. The van der Waals surface area contributed by atoms with Crippen LogP contribution in [0.4, 0.5) is 0 Å². The molecule has 0 aromatic heterocycles. The van der Waals surface area contributed by atoms with Gasteiger partial charge in [0.15, 0.2) is 0 Å². The number of hydrogen-bond acceptors (Lipinski definition) is 0. The van der Waals surface area contributed by atoms with E-state index in [2.05, 4.69) is 32.1 Å². The Morgan fingerprint density at radius 2 is 2.40 bits per heavy atom. The first kappa shape index (κ1) is 10.5. The molecule has 0 saturated carbocycles. The summed E-state index contributed by atoms with van der Waals surface area (Å²) in [4.78, 5) is 0. The quantitative estimate of drug-likeness (QED) is 0.459. The topological polar surface area (TPSA) is 0 Å². The molecule has 1 radical (unpaired) electrons. The fourth-order valence-corrected chi connectivity index (χ4v) is 0.996. The first-order chi connectivity index (χ1) is 4.30. The van der Waals surface area contributed by atoms with Crippen LogP contribution in [0.2, 0.25) is 0 Å². The average Bonchev–Trinajstić information content (AvgIpc) is 1.90. The minimum Gasteiger partial charge on any atom is -0.320 e. The molecule has 0 bridgehead atoms. The Morgan fingerprint density at radius 1 is 1.70 bits per heavy atom. The van der Waals surface area contributed by atoms with Gasteiger partial charge in [-0.3, -0.25) is 0 Å². The molecule has 0 nitrogen and oxygen atoms in total. The molecule has 1 heteroatoms. The summed E-state index contributed by atoms with van der Waals surface area (Å²) in [6, 6.07) is 0. The van der Waals surface area contributed by atoms with Gasteiger partial charge in [0.1, 0.15) is 0 Å². The van der Waals surface area contributed by atoms with E-state index in [0.29, 0.717) is 5.92 Å². The predicted molar refractivity (Wildman–Crippen MR) is 40.7 cm³/mol. The first-order valence-electron chi connectivity index (χ1n) is 3.31. The van der Waals surface area contributed by atoms with Crippen molar-refractivity contribution in [1.29, 1.82) is 0 Å². The molecule has 0 saturated heterocycles. The SMILES string of the molecule is C=C([CH2-])[C@H]1C=CCC[CH-]1.[Y]. The summed E-state index contributed by atoms with van der Waals surface area (Å²) >= 11 is 0. The van der Waals surface area contributed by atoms with Crippen LogP contribution >= 0.6 is 0 Å². The summed E-state index contributed by atoms with van der Waals surface area (Å²) in [5.74, 6) is 0.443. The van der Waals surface area contributed by atoms with Crippen LogP contribution in [0.5, 0.6) is 0 Å². The fraction of sp³-hybridized carbons (Fsp3) is 0.333. The summed E-state index contributed by atoms with van der Waals surface area (Å²) < 4.78 is 0. The zero-order chi connectivity index (χ0) is 6.69. The van der Waals surface area contributed by atoms with E-state index < -0.39 is 0 Å². The van der Waals surface area contributed by atoms with Crippen LogP contribution in [-0.2, 0) is 32.7 Å². The van der Waals surface area contributed by atoms with Gasteiger partial charge in [-0.1, -0.05) is 12.5 Å². The monoisotopic (exact) mass is 209 g/mol. The van der Waals surface area contributed by atoms with E-state index in [0.717, 1.165) is 5.57 Å². The standard InChI is InChI=1S/C9H12.Y/c1-8(2)9-6-4-3-5-7-9;/h4,6-7,9H,1-3,5H2;/q-2;/t9-;/m0./s1. The van der Waals surface area contributed by atoms with Gasteiger partial charge in [-0.2, -0.15) is 12.3 Å².